The second-order valence-electron chi connectivity index (χ2n) is 7.64. The van der Waals surface area contributed by atoms with Gasteiger partial charge in [0.25, 0.3) is 10.1 Å². The van der Waals surface area contributed by atoms with Crippen LogP contribution in [0.5, 0.6) is 5.75 Å². The second kappa shape index (κ2) is 10.7. The summed E-state index contributed by atoms with van der Waals surface area (Å²) in [6, 6.07) is 14.6. The number of rotatable bonds is 8. The number of benzene rings is 4. The van der Waals surface area contributed by atoms with E-state index in [1.54, 1.807) is 18.2 Å². The third-order valence-corrected chi connectivity index (χ3v) is 6.89. The van der Waals surface area contributed by atoms with Crippen molar-refractivity contribution in [1.82, 2.24) is 0 Å². The molecule has 4 aromatic carbocycles. The Bertz CT molecular complexity index is 1630. The number of fused-ring (bicyclic) bond motifs is 2. The minimum Gasteiger partial charge on any atom is -0.505 e. The van der Waals surface area contributed by atoms with Crippen molar-refractivity contribution in [2.75, 3.05) is 0 Å². The van der Waals surface area contributed by atoms with Gasteiger partial charge < -0.3 is 5.11 Å². The minimum atomic E-state index is -4.36. The maximum atomic E-state index is 11.5. The maximum absolute atomic E-state index is 11.5. The molecule has 36 heavy (non-hydrogen) atoms. The molecule has 0 aliphatic heterocycles. The molecule has 0 aromatic heterocycles. The number of nitrogens with zero attached hydrogens (tertiary/aromatic N) is 4. The lowest BCUT2D eigenvalue weighted by atomic mass is 10.0. The quantitative estimate of drug-likeness (QED) is 0.0595. The molecule has 0 aliphatic rings. The topological polar surface area (TPSA) is 163 Å². The summed E-state index contributed by atoms with van der Waals surface area (Å²) in [5, 5.41) is 40.9. The lowest BCUT2D eigenvalue weighted by Gasteiger charge is -2.11. The van der Waals surface area contributed by atoms with E-state index in [-0.39, 0.29) is 16.3 Å². The van der Waals surface area contributed by atoms with Gasteiger partial charge in [-0.25, -0.2) is 15.3 Å². The Kier molecular flexibility index (Phi) is 7.63. The first-order valence-electron chi connectivity index (χ1n) is 10.2. The molecular weight excluding hydrogens is 507 g/mol. The average molecular weight is 525 g/mol. The van der Waals surface area contributed by atoms with Gasteiger partial charge in [0.2, 0.25) is 0 Å². The fourth-order valence-electron chi connectivity index (χ4n) is 3.56. The highest BCUT2D eigenvalue weighted by molar-refractivity contribution is 7.94. The predicted molar refractivity (Wildman–Crippen MR) is 134 cm³/mol. The lowest BCUT2D eigenvalue weighted by Crippen LogP contribution is -1.98. The molecule has 0 saturated heterocycles. The summed E-state index contributed by atoms with van der Waals surface area (Å²) in [5.41, 5.74) is 2.49. The van der Waals surface area contributed by atoms with E-state index >= 15 is 0 Å². The normalized spacial score (nSPS) is 12.3. The number of aromatic hydroxyl groups is 1. The number of phenolic OH excluding ortho intramolecular Hbond substituents is 1. The molecule has 0 atom stereocenters. The molecule has 14 heteroatoms. The van der Waals surface area contributed by atoms with Gasteiger partial charge >= 0.3 is 7.55 Å². The van der Waals surface area contributed by atoms with Gasteiger partial charge in [-0.05, 0) is 66.1 Å². The van der Waals surface area contributed by atoms with E-state index < -0.39 is 10.1 Å². The van der Waals surface area contributed by atoms with Crippen molar-refractivity contribution in [3.05, 3.63) is 65.7 Å². The molecule has 0 heterocycles. The van der Waals surface area contributed by atoms with Gasteiger partial charge in [-0.3, -0.25) is 4.55 Å². The van der Waals surface area contributed by atoms with Crippen LogP contribution in [-0.2, 0) is 19.5 Å². The zero-order valence-corrected chi connectivity index (χ0v) is 20.5. The molecule has 0 aliphatic carbocycles. The van der Waals surface area contributed by atoms with E-state index in [0.29, 0.717) is 38.8 Å². The first-order valence-corrected chi connectivity index (χ1v) is 12.4. The van der Waals surface area contributed by atoms with Gasteiger partial charge in [0.05, 0.1) is 22.6 Å². The number of aryl methyl sites for hydroxylation is 2. The maximum Gasteiger partial charge on any atom is 0.486 e. The van der Waals surface area contributed by atoms with Crippen molar-refractivity contribution in [3.8, 4) is 5.75 Å². The van der Waals surface area contributed by atoms with Crippen LogP contribution >= 0.6 is 12.0 Å². The summed E-state index contributed by atoms with van der Waals surface area (Å²) >= 11 is 0.636. The first-order chi connectivity index (χ1) is 17.2. The summed E-state index contributed by atoms with van der Waals surface area (Å²) in [6.07, 6.45) is 0. The molecule has 4 aromatic rings. The van der Waals surface area contributed by atoms with E-state index in [1.165, 1.54) is 24.3 Å². The molecule has 0 unspecified atom stereocenters. The van der Waals surface area contributed by atoms with Crippen molar-refractivity contribution < 1.29 is 32.7 Å². The van der Waals surface area contributed by atoms with Crippen molar-refractivity contribution in [1.29, 1.82) is 0 Å². The minimum absolute atomic E-state index is 0.0719. The van der Waals surface area contributed by atoms with Gasteiger partial charge in [0.1, 0.15) is 10.6 Å². The molecule has 4 rings (SSSR count). The number of phenols is 1. The van der Waals surface area contributed by atoms with E-state index in [2.05, 4.69) is 29.7 Å². The Morgan fingerprint density at radius 1 is 0.917 bits per heavy atom. The van der Waals surface area contributed by atoms with Crippen LogP contribution in [0.4, 0.5) is 11.4 Å². The molecule has 0 amide bonds. The Labute approximate surface area is 210 Å². The van der Waals surface area contributed by atoms with Crippen molar-refractivity contribution in [3.63, 3.8) is 0 Å². The zero-order valence-electron chi connectivity index (χ0n) is 18.9. The van der Waals surface area contributed by atoms with E-state index in [0.717, 1.165) is 24.1 Å². The van der Waals surface area contributed by atoms with Gasteiger partial charge in [0, 0.05) is 10.8 Å². The molecule has 11 nitrogen and oxygen atoms in total. The fourth-order valence-corrected chi connectivity index (χ4v) is 4.77. The second-order valence-corrected chi connectivity index (χ2v) is 9.77. The Morgan fingerprint density at radius 3 is 2.42 bits per heavy atom. The van der Waals surface area contributed by atoms with E-state index in [1.807, 2.05) is 26.0 Å². The third-order valence-electron chi connectivity index (χ3n) is 5.36. The summed E-state index contributed by atoms with van der Waals surface area (Å²) in [6.45, 7) is 3.87. The van der Waals surface area contributed by atoms with Crippen LogP contribution < -0.4 is 0 Å². The average Bonchev–Trinajstić information content (AvgIpc) is 2.84. The number of hydrogen-bond donors (Lipinski definition) is 3. The smallest absolute Gasteiger partial charge is 0.486 e. The standard InChI is InChI=1S/C22H18BN4O7S2/c1-12-8-15-11-19(35-34-33-29)21(22(28)18(15)9-13(12)2)25-27-23-26-24-16-6-7-17-14(10-16)4-3-5-20(17)36(30,31)32/h3-11,28-29H,1-2H3,(H,30,31,32). The molecule has 0 spiro atoms. The monoisotopic (exact) mass is 525 g/mol. The molecule has 0 fully saturated rings. The van der Waals surface area contributed by atoms with Crippen LogP contribution in [0, 0.1) is 13.8 Å². The zero-order chi connectivity index (χ0) is 25.9. The Hall–Kier alpha value is -3.40. The molecule has 3 N–H and O–H groups in total. The number of hydrogen-bond acceptors (Lipinski definition) is 11. The highest BCUT2D eigenvalue weighted by Gasteiger charge is 2.16. The summed E-state index contributed by atoms with van der Waals surface area (Å²) in [7, 11) is -3.31. The van der Waals surface area contributed by atoms with Crippen LogP contribution in [0.25, 0.3) is 21.5 Å². The van der Waals surface area contributed by atoms with Crippen molar-refractivity contribution in [2.45, 2.75) is 23.6 Å². The van der Waals surface area contributed by atoms with Crippen LogP contribution in [0.2, 0.25) is 0 Å². The molecule has 0 bridgehead atoms. The largest absolute Gasteiger partial charge is 0.505 e. The highest BCUT2D eigenvalue weighted by Crippen LogP contribution is 2.44. The molecular formula is C22H18BN4O7S2. The van der Waals surface area contributed by atoms with Crippen LogP contribution in [-0.4, -0.2) is 30.9 Å². The van der Waals surface area contributed by atoms with Gasteiger partial charge in [0.15, 0.2) is 5.75 Å². The predicted octanol–water partition coefficient (Wildman–Crippen LogP) is 6.39. The molecule has 0 saturated carbocycles. The van der Waals surface area contributed by atoms with E-state index in [9.17, 15) is 18.1 Å². The van der Waals surface area contributed by atoms with Crippen LogP contribution in [0.3, 0.4) is 0 Å². The van der Waals surface area contributed by atoms with Crippen molar-refractivity contribution in [2.24, 2.45) is 20.3 Å². The van der Waals surface area contributed by atoms with E-state index in [4.69, 9.17) is 5.26 Å². The van der Waals surface area contributed by atoms with Gasteiger partial charge in [-0.1, -0.05) is 29.3 Å². The summed E-state index contributed by atoms with van der Waals surface area (Å²) in [5.74, 6) is -0.141. The lowest BCUT2D eigenvalue weighted by molar-refractivity contribution is -0.432. The first kappa shape index (κ1) is 25.7. The summed E-state index contributed by atoms with van der Waals surface area (Å²) in [4.78, 5) is 0.129. The van der Waals surface area contributed by atoms with Gasteiger partial charge in [-0.15, -0.1) is 4.33 Å². The van der Waals surface area contributed by atoms with Gasteiger partial charge in [-0.2, -0.15) is 18.6 Å². The Morgan fingerprint density at radius 2 is 1.67 bits per heavy atom. The van der Waals surface area contributed by atoms with Crippen LogP contribution in [0.1, 0.15) is 11.1 Å². The van der Waals surface area contributed by atoms with Crippen molar-refractivity contribution >= 4 is 62.6 Å². The SMILES string of the molecule is Cc1cc2cc(SOOO)c(N=N[B]N=Nc3ccc4c(S(=O)(=O)O)cccc4c3)c(O)c2cc1C. The molecule has 183 valence electrons. The summed E-state index contributed by atoms with van der Waals surface area (Å²) < 4.78 is 37.0. The van der Waals surface area contributed by atoms with Crippen LogP contribution in [0.15, 0.2) is 84.7 Å². The fraction of sp³-hybridized carbons (Fsp3) is 0.0909. The Balaban J connectivity index is 1.58. The third kappa shape index (κ3) is 5.54. The highest BCUT2D eigenvalue weighted by atomic mass is 32.2. The molecule has 1 radical (unpaired) electrons.